The number of ether oxygens (including phenoxy) is 1. The fourth-order valence-corrected chi connectivity index (χ4v) is 3.84. The molecular formula is C23H27NO5S. The van der Waals surface area contributed by atoms with E-state index in [9.17, 15) is 13.2 Å². The molecule has 30 heavy (non-hydrogen) atoms. The molecule has 0 aliphatic heterocycles. The minimum Gasteiger partial charge on any atom is -0.426 e. The van der Waals surface area contributed by atoms with Crippen molar-refractivity contribution >= 4 is 27.0 Å². The molecule has 2 aromatic carbocycles. The van der Waals surface area contributed by atoms with Crippen LogP contribution in [0.5, 0.6) is 11.5 Å². The van der Waals surface area contributed by atoms with Crippen molar-refractivity contribution in [3.05, 3.63) is 59.8 Å². The molecule has 0 N–H and O–H groups in total. The van der Waals surface area contributed by atoms with Gasteiger partial charge in [-0.25, -0.2) is 0 Å². The van der Waals surface area contributed by atoms with Crippen LogP contribution in [0.15, 0.2) is 48.7 Å². The molecule has 160 valence electrons. The number of hydrogen-bond donors (Lipinski definition) is 0. The number of benzene rings is 2. The second-order valence-electron chi connectivity index (χ2n) is 7.56. The predicted molar refractivity (Wildman–Crippen MR) is 118 cm³/mol. The van der Waals surface area contributed by atoms with E-state index in [-0.39, 0.29) is 5.97 Å². The molecule has 0 saturated carbocycles. The normalized spacial score (nSPS) is 12.7. The number of carbonyl (C=O) groups is 1. The highest BCUT2D eigenvalue weighted by Gasteiger charge is 2.12. The third-order valence-electron chi connectivity index (χ3n) is 5.07. The summed E-state index contributed by atoms with van der Waals surface area (Å²) in [4.78, 5) is 11.5. The molecule has 6 nitrogen and oxygen atoms in total. The van der Waals surface area contributed by atoms with Crippen LogP contribution >= 0.6 is 0 Å². The first-order valence-corrected chi connectivity index (χ1v) is 11.8. The molecule has 3 rings (SSSR count). The van der Waals surface area contributed by atoms with Gasteiger partial charge in [0.1, 0.15) is 11.5 Å². The van der Waals surface area contributed by atoms with Gasteiger partial charge in [-0.15, -0.1) is 0 Å². The Labute approximate surface area is 177 Å². The van der Waals surface area contributed by atoms with Crippen molar-refractivity contribution in [2.75, 3.05) is 6.26 Å². The van der Waals surface area contributed by atoms with E-state index in [0.717, 1.165) is 35.7 Å². The molecule has 0 aliphatic carbocycles. The van der Waals surface area contributed by atoms with Crippen LogP contribution in [-0.4, -0.2) is 25.2 Å². The molecule has 1 atom stereocenters. The molecule has 0 fully saturated rings. The minimum atomic E-state index is -3.54. The maximum absolute atomic E-state index is 11.5. The van der Waals surface area contributed by atoms with Crippen molar-refractivity contribution in [3.63, 3.8) is 0 Å². The first-order valence-electron chi connectivity index (χ1n) is 9.96. The van der Waals surface area contributed by atoms with Crippen LogP contribution in [-0.2, 0) is 21.5 Å². The second-order valence-corrected chi connectivity index (χ2v) is 9.13. The van der Waals surface area contributed by atoms with Gasteiger partial charge in [-0.05, 0) is 60.7 Å². The molecule has 0 radical (unpaired) electrons. The largest absolute Gasteiger partial charge is 0.426 e. The van der Waals surface area contributed by atoms with Gasteiger partial charge in [0, 0.05) is 30.1 Å². The average molecular weight is 430 g/mol. The fraction of sp³-hybridized carbons (Fsp3) is 0.348. The number of carbonyl (C=O) groups excluding carboxylic acids is 1. The molecule has 0 saturated heterocycles. The van der Waals surface area contributed by atoms with E-state index in [1.165, 1.54) is 5.56 Å². The van der Waals surface area contributed by atoms with Crippen molar-refractivity contribution in [2.24, 2.45) is 0 Å². The third-order valence-corrected chi connectivity index (χ3v) is 5.57. The number of hydrogen-bond acceptors (Lipinski definition) is 5. The van der Waals surface area contributed by atoms with Gasteiger partial charge in [-0.1, -0.05) is 26.0 Å². The number of aromatic nitrogens is 1. The highest BCUT2D eigenvalue weighted by Crippen LogP contribution is 2.28. The van der Waals surface area contributed by atoms with E-state index in [1.807, 2.05) is 37.4 Å². The van der Waals surface area contributed by atoms with Gasteiger partial charge in [0.25, 0.3) is 0 Å². The summed E-state index contributed by atoms with van der Waals surface area (Å²) >= 11 is 0. The number of aryl methyl sites for hydroxylation is 2. The molecular weight excluding hydrogens is 402 g/mol. The van der Waals surface area contributed by atoms with E-state index < -0.39 is 10.1 Å². The van der Waals surface area contributed by atoms with Gasteiger partial charge >= 0.3 is 16.1 Å². The Morgan fingerprint density at radius 1 is 1.13 bits per heavy atom. The quantitative estimate of drug-likeness (QED) is 0.292. The first kappa shape index (κ1) is 21.9. The van der Waals surface area contributed by atoms with E-state index in [0.29, 0.717) is 23.8 Å². The van der Waals surface area contributed by atoms with Crippen molar-refractivity contribution in [3.8, 4) is 11.5 Å². The summed E-state index contributed by atoms with van der Waals surface area (Å²) in [6.07, 6.45) is 4.31. The maximum atomic E-state index is 11.5. The number of fused-ring (bicyclic) bond motifs is 1. The lowest BCUT2D eigenvalue weighted by Gasteiger charge is -2.15. The van der Waals surface area contributed by atoms with E-state index in [2.05, 4.69) is 17.6 Å². The van der Waals surface area contributed by atoms with Gasteiger partial charge in [-0.2, -0.15) is 8.42 Å². The third kappa shape index (κ3) is 5.42. The number of nitrogens with zero attached hydrogens (tertiary/aromatic N) is 1. The smallest absolute Gasteiger partial charge is 0.310 e. The van der Waals surface area contributed by atoms with E-state index >= 15 is 0 Å². The summed E-state index contributed by atoms with van der Waals surface area (Å²) in [6.45, 7) is 6.72. The maximum Gasteiger partial charge on any atom is 0.310 e. The molecule has 0 bridgehead atoms. The molecule has 0 aliphatic rings. The van der Waals surface area contributed by atoms with Crippen LogP contribution in [0, 0.1) is 6.92 Å². The van der Waals surface area contributed by atoms with Crippen molar-refractivity contribution in [2.45, 2.75) is 46.1 Å². The molecule has 0 amide bonds. The zero-order valence-corrected chi connectivity index (χ0v) is 18.5. The number of esters is 1. The Balaban J connectivity index is 1.68. The predicted octanol–water partition coefficient (Wildman–Crippen LogP) is 4.80. The highest BCUT2D eigenvalue weighted by molar-refractivity contribution is 7.86. The first-order chi connectivity index (χ1) is 14.2. The Bertz CT molecular complexity index is 1160. The van der Waals surface area contributed by atoms with Crippen LogP contribution in [0.1, 0.15) is 43.7 Å². The lowest BCUT2D eigenvalue weighted by atomic mass is 9.96. The van der Waals surface area contributed by atoms with E-state index in [1.54, 1.807) is 19.1 Å². The van der Waals surface area contributed by atoms with Crippen LogP contribution < -0.4 is 8.92 Å². The summed E-state index contributed by atoms with van der Waals surface area (Å²) in [5.41, 5.74) is 3.18. The summed E-state index contributed by atoms with van der Waals surface area (Å²) in [5, 5.41) is 0.932. The van der Waals surface area contributed by atoms with Crippen LogP contribution in [0.4, 0.5) is 0 Å². The Hall–Kier alpha value is -2.80. The van der Waals surface area contributed by atoms with Crippen molar-refractivity contribution in [1.82, 2.24) is 4.57 Å². The molecule has 1 aromatic heterocycles. The monoisotopic (exact) mass is 429 g/mol. The average Bonchev–Trinajstić information content (AvgIpc) is 3.08. The minimum absolute atomic E-state index is 0.233. The summed E-state index contributed by atoms with van der Waals surface area (Å²) < 4.78 is 35.1. The van der Waals surface area contributed by atoms with Gasteiger partial charge in [0.15, 0.2) is 0 Å². The zero-order chi connectivity index (χ0) is 21.9. The second kappa shape index (κ2) is 8.92. The lowest BCUT2D eigenvalue weighted by Crippen LogP contribution is -2.07. The van der Waals surface area contributed by atoms with Gasteiger partial charge < -0.3 is 13.5 Å². The van der Waals surface area contributed by atoms with Crippen LogP contribution in [0.3, 0.4) is 0 Å². The topological polar surface area (TPSA) is 74.6 Å². The zero-order valence-electron chi connectivity index (χ0n) is 17.7. The van der Waals surface area contributed by atoms with Gasteiger partial charge in [0.2, 0.25) is 0 Å². The van der Waals surface area contributed by atoms with E-state index in [4.69, 9.17) is 8.92 Å². The van der Waals surface area contributed by atoms with Crippen molar-refractivity contribution in [1.29, 1.82) is 0 Å². The summed E-state index contributed by atoms with van der Waals surface area (Å²) in [7, 11) is -3.54. The van der Waals surface area contributed by atoms with Gasteiger partial charge in [0.05, 0.1) is 6.26 Å². The molecule has 7 heteroatoms. The Kier molecular flexibility index (Phi) is 6.51. The molecule has 1 heterocycles. The number of rotatable bonds is 8. The highest BCUT2D eigenvalue weighted by atomic mass is 32.2. The van der Waals surface area contributed by atoms with Crippen LogP contribution in [0.25, 0.3) is 10.9 Å². The lowest BCUT2D eigenvalue weighted by molar-refractivity contribution is -0.134. The standard InChI is InChI=1S/C23H27NO5S/c1-5-23(25)28-22-9-6-18(14-17(22)3)16(2)10-12-24-13-11-19-15-20(7-8-21(19)24)29-30(4,26)27/h6-9,11,13-16H,5,10,12H2,1-4H3. The van der Waals surface area contributed by atoms with Crippen LogP contribution in [0.2, 0.25) is 0 Å². The SMILES string of the molecule is CCC(=O)Oc1ccc(C(C)CCn2ccc3cc(OS(C)(=O)=O)ccc32)cc1C. The van der Waals surface area contributed by atoms with Gasteiger partial charge in [-0.3, -0.25) is 4.79 Å². The summed E-state index contributed by atoms with van der Waals surface area (Å²) in [6, 6.07) is 13.2. The Morgan fingerprint density at radius 3 is 2.57 bits per heavy atom. The molecule has 0 spiro atoms. The fourth-order valence-electron chi connectivity index (χ4n) is 3.39. The summed E-state index contributed by atoms with van der Waals surface area (Å²) in [5.74, 6) is 1.02. The van der Waals surface area contributed by atoms with Crippen molar-refractivity contribution < 1.29 is 22.1 Å². The Morgan fingerprint density at radius 2 is 1.90 bits per heavy atom. The molecule has 1 unspecified atom stereocenters. The molecule has 3 aromatic rings.